The standard InChI is InChI=1S/C26H27N5O2/c1-19-16-20-6-2-3-7-23(20)31(19)13-11-26(32)30-14-15-33-24(18-30)22-10-9-21(17-28-22)29-25-8-4-5-12-27-25/h2-10,12,16-17,24H,11,13-15,18H2,1H3,(H,27,29). The zero-order chi connectivity index (χ0) is 22.6. The summed E-state index contributed by atoms with van der Waals surface area (Å²) in [5.74, 6) is 0.914. The Morgan fingerprint density at radius 1 is 1.12 bits per heavy atom. The number of pyridine rings is 2. The number of anilines is 2. The first-order valence-electron chi connectivity index (χ1n) is 11.3. The lowest BCUT2D eigenvalue weighted by Crippen LogP contribution is -2.42. The maximum absolute atomic E-state index is 13.0. The van der Waals surface area contributed by atoms with E-state index in [1.54, 1.807) is 12.4 Å². The Kier molecular flexibility index (Phi) is 6.04. The van der Waals surface area contributed by atoms with Crippen molar-refractivity contribution in [3.8, 4) is 0 Å². The maximum atomic E-state index is 13.0. The predicted octanol–water partition coefficient (Wildman–Crippen LogP) is 4.47. The van der Waals surface area contributed by atoms with Gasteiger partial charge in [-0.05, 0) is 48.7 Å². The molecule has 1 atom stereocenters. The SMILES string of the molecule is Cc1cc2ccccc2n1CCC(=O)N1CCOC(c2ccc(Nc3ccccn3)cn2)C1. The van der Waals surface area contributed by atoms with Crippen LogP contribution in [-0.4, -0.2) is 45.0 Å². The van der Waals surface area contributed by atoms with Gasteiger partial charge in [0.15, 0.2) is 0 Å². The summed E-state index contributed by atoms with van der Waals surface area (Å²) < 4.78 is 8.16. The van der Waals surface area contributed by atoms with Crippen molar-refractivity contribution >= 4 is 28.3 Å². The van der Waals surface area contributed by atoms with Crippen LogP contribution in [0, 0.1) is 6.92 Å². The lowest BCUT2D eigenvalue weighted by Gasteiger charge is -2.33. The molecule has 1 unspecified atom stereocenters. The number of rotatable bonds is 6. The van der Waals surface area contributed by atoms with Gasteiger partial charge in [-0.15, -0.1) is 0 Å². The molecular formula is C26H27N5O2. The Hall–Kier alpha value is -3.71. The molecule has 0 bridgehead atoms. The molecule has 168 valence electrons. The van der Waals surface area contributed by atoms with Gasteiger partial charge in [-0.3, -0.25) is 9.78 Å². The summed E-state index contributed by atoms with van der Waals surface area (Å²) >= 11 is 0. The van der Waals surface area contributed by atoms with Crippen molar-refractivity contribution < 1.29 is 9.53 Å². The Labute approximate surface area is 193 Å². The minimum atomic E-state index is -0.222. The summed E-state index contributed by atoms with van der Waals surface area (Å²) in [6.45, 7) is 4.40. The molecule has 1 fully saturated rings. The average Bonchev–Trinajstić information content (AvgIpc) is 3.18. The number of nitrogens with one attached hydrogen (secondary N) is 1. The molecule has 33 heavy (non-hydrogen) atoms. The number of amides is 1. The van der Waals surface area contributed by atoms with Crippen LogP contribution in [0.25, 0.3) is 10.9 Å². The molecule has 7 heteroatoms. The number of fused-ring (bicyclic) bond motifs is 1. The molecule has 0 spiro atoms. The highest BCUT2D eigenvalue weighted by atomic mass is 16.5. The summed E-state index contributed by atoms with van der Waals surface area (Å²) in [5, 5.41) is 4.44. The third-order valence-corrected chi connectivity index (χ3v) is 6.04. The molecule has 0 saturated carbocycles. The molecule has 1 aliphatic heterocycles. The van der Waals surface area contributed by atoms with Gasteiger partial charge >= 0.3 is 0 Å². The number of carbonyl (C=O) groups excluding carboxylic acids is 1. The quantitative estimate of drug-likeness (QED) is 0.478. The van der Waals surface area contributed by atoms with Crippen LogP contribution in [0.3, 0.4) is 0 Å². The van der Waals surface area contributed by atoms with E-state index in [9.17, 15) is 4.79 Å². The highest BCUT2D eigenvalue weighted by molar-refractivity contribution is 5.82. The van der Waals surface area contributed by atoms with E-state index in [4.69, 9.17) is 4.74 Å². The Morgan fingerprint density at radius 3 is 2.82 bits per heavy atom. The van der Waals surface area contributed by atoms with Gasteiger partial charge in [-0.2, -0.15) is 0 Å². The molecule has 5 rings (SSSR count). The van der Waals surface area contributed by atoms with Crippen LogP contribution in [0.5, 0.6) is 0 Å². The van der Waals surface area contributed by atoms with E-state index in [0.717, 1.165) is 17.2 Å². The largest absolute Gasteiger partial charge is 0.368 e. The third-order valence-electron chi connectivity index (χ3n) is 6.04. The van der Waals surface area contributed by atoms with Crippen molar-refractivity contribution in [1.29, 1.82) is 0 Å². The second kappa shape index (κ2) is 9.42. The summed E-state index contributed by atoms with van der Waals surface area (Å²) in [6, 6.07) is 20.1. The number of hydrogen-bond acceptors (Lipinski definition) is 5. The predicted molar refractivity (Wildman–Crippen MR) is 128 cm³/mol. The fraction of sp³-hybridized carbons (Fsp3) is 0.269. The van der Waals surface area contributed by atoms with Gasteiger partial charge < -0.3 is 19.5 Å². The highest BCUT2D eigenvalue weighted by Crippen LogP contribution is 2.24. The molecule has 1 aliphatic rings. The number of para-hydroxylation sites is 1. The van der Waals surface area contributed by atoms with Crippen LogP contribution >= 0.6 is 0 Å². The van der Waals surface area contributed by atoms with Gasteiger partial charge in [0.05, 0.1) is 30.7 Å². The maximum Gasteiger partial charge on any atom is 0.224 e. The first-order chi connectivity index (χ1) is 16.2. The van der Waals surface area contributed by atoms with E-state index in [-0.39, 0.29) is 12.0 Å². The molecule has 1 amide bonds. The smallest absolute Gasteiger partial charge is 0.224 e. The number of aromatic nitrogens is 3. The van der Waals surface area contributed by atoms with Crippen molar-refractivity contribution in [2.45, 2.75) is 26.0 Å². The zero-order valence-corrected chi connectivity index (χ0v) is 18.6. The number of nitrogens with zero attached hydrogens (tertiary/aromatic N) is 4. The number of carbonyl (C=O) groups is 1. The normalized spacial score (nSPS) is 16.2. The fourth-order valence-electron chi connectivity index (χ4n) is 4.32. The minimum absolute atomic E-state index is 0.147. The topological polar surface area (TPSA) is 72.3 Å². The van der Waals surface area contributed by atoms with Crippen LogP contribution in [-0.2, 0) is 16.1 Å². The summed E-state index contributed by atoms with van der Waals surface area (Å²) in [4.78, 5) is 23.7. The van der Waals surface area contributed by atoms with Gasteiger partial charge in [0.2, 0.25) is 5.91 Å². The van der Waals surface area contributed by atoms with Crippen LogP contribution in [0.4, 0.5) is 11.5 Å². The lowest BCUT2D eigenvalue weighted by molar-refractivity contribution is -0.139. The van der Waals surface area contributed by atoms with E-state index in [1.807, 2.05) is 47.4 Å². The van der Waals surface area contributed by atoms with E-state index in [2.05, 4.69) is 45.0 Å². The van der Waals surface area contributed by atoms with Gasteiger partial charge in [-0.25, -0.2) is 4.98 Å². The number of ether oxygens (including phenoxy) is 1. The second-order valence-corrected chi connectivity index (χ2v) is 8.26. The summed E-state index contributed by atoms with van der Waals surface area (Å²) in [6.07, 6.45) is 3.76. The van der Waals surface area contributed by atoms with Gasteiger partial charge in [0.25, 0.3) is 0 Å². The second-order valence-electron chi connectivity index (χ2n) is 8.26. The zero-order valence-electron chi connectivity index (χ0n) is 18.6. The first-order valence-corrected chi connectivity index (χ1v) is 11.3. The third kappa shape index (κ3) is 4.73. The monoisotopic (exact) mass is 441 g/mol. The van der Waals surface area contributed by atoms with Crippen molar-refractivity contribution in [1.82, 2.24) is 19.4 Å². The molecule has 4 heterocycles. The van der Waals surface area contributed by atoms with Crippen LogP contribution in [0.2, 0.25) is 0 Å². The first kappa shape index (κ1) is 21.2. The highest BCUT2D eigenvalue weighted by Gasteiger charge is 2.26. The molecule has 1 N–H and O–H groups in total. The number of hydrogen-bond donors (Lipinski definition) is 1. The fourth-order valence-corrected chi connectivity index (χ4v) is 4.32. The number of morpholine rings is 1. The van der Waals surface area contributed by atoms with Crippen molar-refractivity contribution in [3.63, 3.8) is 0 Å². The molecule has 3 aromatic heterocycles. The van der Waals surface area contributed by atoms with E-state index < -0.39 is 0 Å². The molecule has 4 aromatic rings. The van der Waals surface area contributed by atoms with Crippen LogP contribution < -0.4 is 5.32 Å². The van der Waals surface area contributed by atoms with Crippen molar-refractivity contribution in [2.75, 3.05) is 25.0 Å². The van der Waals surface area contributed by atoms with Gasteiger partial charge in [0.1, 0.15) is 11.9 Å². The summed E-state index contributed by atoms with van der Waals surface area (Å²) in [7, 11) is 0. The van der Waals surface area contributed by atoms with Crippen LogP contribution in [0.1, 0.15) is 23.9 Å². The molecule has 1 saturated heterocycles. The average molecular weight is 442 g/mol. The van der Waals surface area contributed by atoms with E-state index in [1.165, 1.54) is 16.6 Å². The molecular weight excluding hydrogens is 414 g/mol. The van der Waals surface area contributed by atoms with Crippen molar-refractivity contribution in [2.24, 2.45) is 0 Å². The Bertz CT molecular complexity index is 1240. The van der Waals surface area contributed by atoms with Crippen LogP contribution in [0.15, 0.2) is 73.1 Å². The molecule has 7 nitrogen and oxygen atoms in total. The minimum Gasteiger partial charge on any atom is -0.368 e. The van der Waals surface area contributed by atoms with Crippen molar-refractivity contribution in [3.05, 3.63) is 84.4 Å². The Morgan fingerprint density at radius 2 is 2.00 bits per heavy atom. The number of aryl methyl sites for hydroxylation is 2. The molecule has 0 radical (unpaired) electrons. The van der Waals surface area contributed by atoms with Gasteiger partial charge in [-0.1, -0.05) is 24.3 Å². The Balaban J connectivity index is 1.20. The van der Waals surface area contributed by atoms with E-state index in [0.29, 0.717) is 32.7 Å². The molecule has 0 aliphatic carbocycles. The number of benzene rings is 1. The summed E-state index contributed by atoms with van der Waals surface area (Å²) in [5.41, 5.74) is 4.03. The lowest BCUT2D eigenvalue weighted by atomic mass is 10.1. The van der Waals surface area contributed by atoms with E-state index >= 15 is 0 Å². The molecule has 1 aromatic carbocycles. The van der Waals surface area contributed by atoms with Gasteiger partial charge in [0, 0.05) is 36.9 Å².